The van der Waals surface area contributed by atoms with Crippen molar-refractivity contribution in [1.29, 1.82) is 0 Å². The van der Waals surface area contributed by atoms with Gasteiger partial charge in [-0.05, 0) is 41.0 Å². The van der Waals surface area contributed by atoms with E-state index in [0.29, 0.717) is 19.4 Å². The van der Waals surface area contributed by atoms with Crippen LogP contribution in [0.15, 0.2) is 97.3 Å². The highest BCUT2D eigenvalue weighted by Gasteiger charge is 2.37. The van der Waals surface area contributed by atoms with E-state index in [9.17, 15) is 19.2 Å². The van der Waals surface area contributed by atoms with Gasteiger partial charge < -0.3 is 26.2 Å². The van der Waals surface area contributed by atoms with Crippen molar-refractivity contribution in [2.24, 2.45) is 11.1 Å². The van der Waals surface area contributed by atoms with Crippen molar-refractivity contribution in [1.82, 2.24) is 20.4 Å². The Hall–Kier alpha value is -4.76. The summed E-state index contributed by atoms with van der Waals surface area (Å²) in [6, 6.07) is 25.4. The average molecular weight is 610 g/mol. The highest BCUT2D eigenvalue weighted by molar-refractivity contribution is 5.94. The molecule has 0 saturated heterocycles. The van der Waals surface area contributed by atoms with Crippen molar-refractivity contribution in [3.63, 3.8) is 0 Å². The molecule has 1 aliphatic rings. The molecular weight excluding hydrogens is 566 g/mol. The number of nitrogens with two attached hydrogens (primary N) is 1. The van der Waals surface area contributed by atoms with Gasteiger partial charge in [-0.15, -0.1) is 0 Å². The molecule has 1 aliphatic heterocycles. The molecule has 9 nitrogen and oxygen atoms in total. The molecule has 0 saturated carbocycles. The van der Waals surface area contributed by atoms with E-state index in [2.05, 4.69) is 10.6 Å². The molecule has 3 aromatic carbocycles. The molecule has 45 heavy (non-hydrogen) atoms. The molecule has 0 aliphatic carbocycles. The molecule has 4 rings (SSSR count). The van der Waals surface area contributed by atoms with Gasteiger partial charge in [0.1, 0.15) is 12.1 Å². The zero-order chi connectivity index (χ0) is 32.6. The molecule has 0 radical (unpaired) electrons. The first kappa shape index (κ1) is 33.1. The quantitative estimate of drug-likeness (QED) is 0.306. The van der Waals surface area contributed by atoms with Crippen LogP contribution in [0.1, 0.15) is 38.8 Å². The second-order valence-corrected chi connectivity index (χ2v) is 12.5. The van der Waals surface area contributed by atoms with Crippen molar-refractivity contribution < 1.29 is 19.2 Å². The summed E-state index contributed by atoms with van der Waals surface area (Å²) < 4.78 is 0. The number of benzene rings is 3. The van der Waals surface area contributed by atoms with Gasteiger partial charge in [-0.1, -0.05) is 106 Å². The Kier molecular flexibility index (Phi) is 10.9. The lowest BCUT2D eigenvalue weighted by Gasteiger charge is -2.36. The summed E-state index contributed by atoms with van der Waals surface area (Å²) >= 11 is 0. The maximum absolute atomic E-state index is 13.9. The van der Waals surface area contributed by atoms with Gasteiger partial charge in [-0.3, -0.25) is 19.2 Å². The molecule has 4 N–H and O–H groups in total. The number of carbonyl (C=O) groups is 4. The largest absolute Gasteiger partial charge is 0.345 e. The fourth-order valence-electron chi connectivity index (χ4n) is 5.15. The minimum Gasteiger partial charge on any atom is -0.345 e. The summed E-state index contributed by atoms with van der Waals surface area (Å²) in [7, 11) is 0. The highest BCUT2D eigenvalue weighted by Crippen LogP contribution is 2.23. The van der Waals surface area contributed by atoms with E-state index in [1.165, 1.54) is 11.8 Å². The summed E-state index contributed by atoms with van der Waals surface area (Å²) in [6.45, 7) is 7.11. The van der Waals surface area contributed by atoms with Crippen LogP contribution in [0, 0.1) is 5.41 Å². The predicted octanol–water partition coefficient (Wildman–Crippen LogP) is 3.64. The van der Waals surface area contributed by atoms with Crippen LogP contribution in [-0.2, 0) is 32.0 Å². The van der Waals surface area contributed by atoms with E-state index in [1.54, 1.807) is 17.3 Å². The molecule has 0 aromatic heterocycles. The Balaban J connectivity index is 1.51. The number of hydrogen-bond donors (Lipinski definition) is 3. The van der Waals surface area contributed by atoms with Crippen molar-refractivity contribution in [2.75, 3.05) is 13.1 Å². The molecule has 0 bridgehead atoms. The van der Waals surface area contributed by atoms with Crippen LogP contribution in [0.25, 0.3) is 11.1 Å². The summed E-state index contributed by atoms with van der Waals surface area (Å²) in [5.41, 5.74) is 9.22. The first-order valence-corrected chi connectivity index (χ1v) is 15.3. The Bertz CT molecular complexity index is 1500. The normalized spacial score (nSPS) is 16.2. The maximum Gasteiger partial charge on any atom is 0.250 e. The smallest absolute Gasteiger partial charge is 0.250 e. The van der Waals surface area contributed by atoms with Gasteiger partial charge in [0.25, 0.3) is 0 Å². The second kappa shape index (κ2) is 14.8. The minimum absolute atomic E-state index is 0.197. The molecule has 9 heteroatoms. The van der Waals surface area contributed by atoms with Crippen molar-refractivity contribution >= 4 is 23.6 Å². The number of hydrogen-bond acceptors (Lipinski definition) is 5. The topological polar surface area (TPSA) is 125 Å². The molecule has 1 heterocycles. The van der Waals surface area contributed by atoms with E-state index < -0.39 is 41.3 Å². The number of rotatable bonds is 11. The number of carbonyl (C=O) groups excluding carboxylic acids is 4. The molecule has 236 valence electrons. The van der Waals surface area contributed by atoms with Crippen LogP contribution in [0.3, 0.4) is 0 Å². The molecule has 3 atom stereocenters. The number of amides is 4. The summed E-state index contributed by atoms with van der Waals surface area (Å²) in [5.74, 6) is -1.60. The number of nitrogens with zero attached hydrogens (tertiary/aromatic N) is 2. The average Bonchev–Trinajstić information content (AvgIpc) is 3.03. The van der Waals surface area contributed by atoms with E-state index in [4.69, 9.17) is 5.73 Å². The van der Waals surface area contributed by atoms with Gasteiger partial charge in [0.05, 0.1) is 12.6 Å². The van der Waals surface area contributed by atoms with Crippen LogP contribution in [-0.4, -0.2) is 64.6 Å². The van der Waals surface area contributed by atoms with E-state index in [0.717, 1.165) is 22.3 Å². The summed E-state index contributed by atoms with van der Waals surface area (Å²) in [5, 5.41) is 5.35. The van der Waals surface area contributed by atoms with E-state index >= 15 is 0 Å². The first-order chi connectivity index (χ1) is 21.4. The van der Waals surface area contributed by atoms with Crippen LogP contribution in [0.5, 0.6) is 0 Å². The standard InChI is InChI=1S/C36H43N5O4/c1-25(37)33(43)39-32(36(2,3)4)34(44)38-24-31(42)41-22-21-40(20-19-26-11-7-5-8-12-26)35(45)30(41)23-27-15-17-29(18-16-27)28-13-9-6-10-14-28/h5-18,21-22,25,30,32H,19-20,23-24,37H2,1-4H3,(H,38,44)(H,39,43)/t25-,30-,32+/m0/s1. The van der Waals surface area contributed by atoms with Gasteiger partial charge in [-0.25, -0.2) is 0 Å². The van der Waals surface area contributed by atoms with Crippen LogP contribution in [0.2, 0.25) is 0 Å². The van der Waals surface area contributed by atoms with Crippen LogP contribution >= 0.6 is 0 Å². The van der Waals surface area contributed by atoms with Gasteiger partial charge in [-0.2, -0.15) is 0 Å². The van der Waals surface area contributed by atoms with Crippen LogP contribution in [0.4, 0.5) is 0 Å². The SMILES string of the molecule is C[C@H](N)C(=O)N[C@H](C(=O)NCC(=O)N1C=CN(CCc2ccccc2)C(=O)[C@@H]1Cc1ccc(-c2ccccc2)cc1)C(C)(C)C. The lowest BCUT2D eigenvalue weighted by molar-refractivity contribution is -0.143. The Morgan fingerprint density at radius 3 is 2.02 bits per heavy atom. The van der Waals surface area contributed by atoms with E-state index in [1.807, 2.05) is 106 Å². The maximum atomic E-state index is 13.9. The minimum atomic E-state index is -0.908. The molecule has 4 amide bonds. The molecule has 0 unspecified atom stereocenters. The monoisotopic (exact) mass is 609 g/mol. The lowest BCUT2D eigenvalue weighted by Crippen LogP contribution is -2.58. The fourth-order valence-corrected chi connectivity index (χ4v) is 5.15. The zero-order valence-corrected chi connectivity index (χ0v) is 26.4. The molecule has 0 spiro atoms. The lowest BCUT2D eigenvalue weighted by atomic mass is 9.86. The summed E-state index contributed by atoms with van der Waals surface area (Å²) in [4.78, 5) is 55.9. The molecular formula is C36H43N5O4. The van der Waals surface area contributed by atoms with Gasteiger partial charge >= 0.3 is 0 Å². The highest BCUT2D eigenvalue weighted by atomic mass is 16.2. The van der Waals surface area contributed by atoms with Gasteiger partial charge in [0, 0.05) is 25.4 Å². The van der Waals surface area contributed by atoms with E-state index in [-0.39, 0.29) is 12.5 Å². The van der Waals surface area contributed by atoms with Crippen molar-refractivity contribution in [3.05, 3.63) is 108 Å². The molecule has 3 aromatic rings. The van der Waals surface area contributed by atoms with Gasteiger partial charge in [0.2, 0.25) is 23.6 Å². The fraction of sp³-hybridized carbons (Fsp3) is 0.333. The molecule has 0 fully saturated rings. The van der Waals surface area contributed by atoms with Gasteiger partial charge in [0.15, 0.2) is 0 Å². The third-order valence-electron chi connectivity index (χ3n) is 7.82. The predicted molar refractivity (Wildman–Crippen MR) is 175 cm³/mol. The van der Waals surface area contributed by atoms with Crippen molar-refractivity contribution in [3.8, 4) is 11.1 Å². The zero-order valence-electron chi connectivity index (χ0n) is 26.4. The third-order valence-corrected chi connectivity index (χ3v) is 7.82. The number of nitrogens with one attached hydrogen (secondary N) is 2. The Morgan fingerprint density at radius 1 is 0.822 bits per heavy atom. The summed E-state index contributed by atoms with van der Waals surface area (Å²) in [6.07, 6.45) is 4.21. The first-order valence-electron chi connectivity index (χ1n) is 15.3. The third kappa shape index (κ3) is 8.89. The second-order valence-electron chi connectivity index (χ2n) is 12.5. The Morgan fingerprint density at radius 2 is 1.42 bits per heavy atom. The van der Waals surface area contributed by atoms with Crippen LogP contribution < -0.4 is 16.4 Å². The Labute approximate surface area is 265 Å². The van der Waals surface area contributed by atoms with Crippen molar-refractivity contribution in [2.45, 2.75) is 58.7 Å².